The van der Waals surface area contributed by atoms with Crippen LogP contribution in [0.2, 0.25) is 0 Å². The lowest BCUT2D eigenvalue weighted by molar-refractivity contribution is -0.274. The number of rotatable bonds is 10. The van der Waals surface area contributed by atoms with Gasteiger partial charge in [-0.05, 0) is 90.9 Å². The predicted octanol–water partition coefficient (Wildman–Crippen LogP) is 7.23. The van der Waals surface area contributed by atoms with Gasteiger partial charge in [-0.2, -0.15) is 8.78 Å². The number of ether oxygens (including phenoxy) is 1. The van der Waals surface area contributed by atoms with E-state index in [0.717, 1.165) is 43.4 Å². The molecule has 4 rings (SSSR count). The topological polar surface area (TPSA) is 108 Å². The number of aliphatic carboxylic acids is 1. The summed E-state index contributed by atoms with van der Waals surface area (Å²) in [7, 11) is 0. The SMILES string of the molecule is O=C(NCC(F)(F)C(=O)O)c1ccc(CN(C(=O)Nc2ccc(OC(F)(F)F)cc2)c2ccc(C3=CCCCC3)cc2)cc1. The molecule has 13 heteroatoms. The Morgan fingerprint density at radius 2 is 1.52 bits per heavy atom. The minimum absolute atomic E-state index is 0.00211. The molecule has 0 spiro atoms. The first-order valence-electron chi connectivity index (χ1n) is 13.5. The minimum atomic E-state index is -4.86. The Hall–Kier alpha value is -4.94. The number of halogens is 5. The second kappa shape index (κ2) is 13.6. The van der Waals surface area contributed by atoms with Gasteiger partial charge in [-0.25, -0.2) is 9.59 Å². The molecule has 0 saturated carbocycles. The third-order valence-corrected chi connectivity index (χ3v) is 6.77. The lowest BCUT2D eigenvalue weighted by atomic mass is 9.93. The minimum Gasteiger partial charge on any atom is -0.477 e. The number of anilines is 2. The monoisotopic (exact) mass is 617 g/mol. The quantitative estimate of drug-likeness (QED) is 0.208. The Labute approximate surface area is 249 Å². The molecular formula is C31H28F5N3O5. The molecule has 0 atom stereocenters. The Balaban J connectivity index is 1.52. The third kappa shape index (κ3) is 8.79. The zero-order valence-electron chi connectivity index (χ0n) is 23.2. The molecule has 0 aliphatic heterocycles. The molecule has 0 unspecified atom stereocenters. The molecule has 3 amide bonds. The standard InChI is InChI=1S/C31H28F5N3O5/c32-30(33,28(41)42)19-37-27(40)23-8-6-20(7-9-23)18-39(25-14-10-22(11-15-25)21-4-2-1-3-5-21)29(43)38-24-12-16-26(17-13-24)44-31(34,35)36/h4,6-17H,1-3,5,18-19H2,(H,37,40)(H,38,43)(H,41,42). The molecule has 0 aromatic heterocycles. The van der Waals surface area contributed by atoms with Crippen LogP contribution in [0.4, 0.5) is 38.1 Å². The molecule has 0 heterocycles. The number of hydrogen-bond acceptors (Lipinski definition) is 4. The first-order valence-corrected chi connectivity index (χ1v) is 13.5. The summed E-state index contributed by atoms with van der Waals surface area (Å²) in [4.78, 5) is 37.7. The lowest BCUT2D eigenvalue weighted by Gasteiger charge is -2.24. The molecule has 0 fully saturated rings. The van der Waals surface area contributed by atoms with E-state index in [1.807, 2.05) is 17.4 Å². The van der Waals surface area contributed by atoms with Gasteiger partial charge in [0.2, 0.25) is 0 Å². The summed E-state index contributed by atoms with van der Waals surface area (Å²) in [5, 5.41) is 13.1. The van der Waals surface area contributed by atoms with E-state index in [4.69, 9.17) is 5.11 Å². The molecule has 44 heavy (non-hydrogen) atoms. The number of carboxylic acid groups (broad SMARTS) is 1. The predicted molar refractivity (Wildman–Crippen MR) is 153 cm³/mol. The van der Waals surface area contributed by atoms with Gasteiger partial charge in [0.05, 0.1) is 13.1 Å². The van der Waals surface area contributed by atoms with Crippen molar-refractivity contribution in [1.82, 2.24) is 5.32 Å². The van der Waals surface area contributed by atoms with E-state index >= 15 is 0 Å². The van der Waals surface area contributed by atoms with Gasteiger partial charge in [-0.3, -0.25) is 9.69 Å². The number of amides is 3. The van der Waals surface area contributed by atoms with Crippen LogP contribution in [0.5, 0.6) is 5.75 Å². The van der Waals surface area contributed by atoms with Gasteiger partial charge in [0, 0.05) is 16.9 Å². The Bertz CT molecular complexity index is 1510. The fourth-order valence-corrected chi connectivity index (χ4v) is 4.48. The summed E-state index contributed by atoms with van der Waals surface area (Å²) in [5.41, 5.74) is 3.52. The maximum atomic E-state index is 13.4. The molecule has 232 valence electrons. The summed E-state index contributed by atoms with van der Waals surface area (Å²) < 4.78 is 68.0. The van der Waals surface area contributed by atoms with Gasteiger partial charge in [0.25, 0.3) is 5.91 Å². The van der Waals surface area contributed by atoms with Crippen molar-refractivity contribution in [3.63, 3.8) is 0 Å². The van der Waals surface area contributed by atoms with E-state index in [2.05, 4.69) is 16.1 Å². The number of alkyl halides is 5. The van der Waals surface area contributed by atoms with E-state index in [-0.39, 0.29) is 17.8 Å². The van der Waals surface area contributed by atoms with Crippen molar-refractivity contribution in [2.45, 2.75) is 44.5 Å². The number of carbonyl (C=O) groups excluding carboxylic acids is 2. The van der Waals surface area contributed by atoms with Crippen LogP contribution in [0.3, 0.4) is 0 Å². The van der Waals surface area contributed by atoms with Crippen LogP contribution < -0.4 is 20.3 Å². The highest BCUT2D eigenvalue weighted by molar-refractivity contribution is 6.02. The zero-order valence-corrected chi connectivity index (χ0v) is 23.2. The fraction of sp³-hybridized carbons (Fsp3) is 0.258. The van der Waals surface area contributed by atoms with Crippen LogP contribution in [0.1, 0.15) is 47.2 Å². The normalized spacial score (nSPS) is 13.4. The summed E-state index contributed by atoms with van der Waals surface area (Å²) in [6.45, 7) is -1.38. The number of carboxylic acids is 1. The lowest BCUT2D eigenvalue weighted by Crippen LogP contribution is -2.42. The van der Waals surface area contributed by atoms with Crippen LogP contribution in [-0.4, -0.2) is 41.8 Å². The molecule has 0 radical (unpaired) electrons. The van der Waals surface area contributed by atoms with E-state index in [9.17, 15) is 36.3 Å². The number of nitrogens with zero attached hydrogens (tertiary/aromatic N) is 1. The second-order valence-electron chi connectivity index (χ2n) is 10.00. The molecule has 1 aliphatic rings. The van der Waals surface area contributed by atoms with Crippen LogP contribution in [0, 0.1) is 0 Å². The number of urea groups is 1. The van der Waals surface area contributed by atoms with Crippen LogP contribution in [0.25, 0.3) is 5.57 Å². The molecule has 0 bridgehead atoms. The maximum absolute atomic E-state index is 13.4. The molecular weight excluding hydrogens is 589 g/mol. The van der Waals surface area contributed by atoms with Gasteiger partial charge in [-0.15, -0.1) is 13.2 Å². The summed E-state index contributed by atoms with van der Waals surface area (Å²) in [6, 6.07) is 17.1. The number of benzene rings is 3. The Kier molecular flexibility index (Phi) is 9.87. The summed E-state index contributed by atoms with van der Waals surface area (Å²) >= 11 is 0. The Morgan fingerprint density at radius 1 is 0.864 bits per heavy atom. The van der Waals surface area contributed by atoms with Crippen molar-refractivity contribution < 1.29 is 46.2 Å². The van der Waals surface area contributed by atoms with Crippen molar-refractivity contribution >= 4 is 34.9 Å². The third-order valence-electron chi connectivity index (χ3n) is 6.77. The smallest absolute Gasteiger partial charge is 0.477 e. The molecule has 3 N–H and O–H groups in total. The van der Waals surface area contributed by atoms with Gasteiger partial charge in [0.15, 0.2) is 0 Å². The van der Waals surface area contributed by atoms with Crippen molar-refractivity contribution in [3.8, 4) is 5.75 Å². The first kappa shape index (κ1) is 32.0. The fourth-order valence-electron chi connectivity index (χ4n) is 4.48. The largest absolute Gasteiger partial charge is 0.573 e. The second-order valence-corrected chi connectivity index (χ2v) is 10.00. The van der Waals surface area contributed by atoms with Crippen molar-refractivity contribution in [2.24, 2.45) is 0 Å². The average Bonchev–Trinajstić information content (AvgIpc) is 2.99. The van der Waals surface area contributed by atoms with E-state index in [0.29, 0.717) is 11.3 Å². The number of hydrogen-bond donors (Lipinski definition) is 3. The summed E-state index contributed by atoms with van der Waals surface area (Å²) in [5.74, 6) is -7.84. The van der Waals surface area contributed by atoms with Crippen molar-refractivity contribution in [3.05, 3.63) is 95.6 Å². The van der Waals surface area contributed by atoms with Gasteiger partial charge in [0.1, 0.15) is 5.75 Å². The zero-order chi connectivity index (χ0) is 31.9. The Morgan fingerprint density at radius 3 is 2.09 bits per heavy atom. The van der Waals surface area contributed by atoms with E-state index in [1.165, 1.54) is 46.9 Å². The van der Waals surface area contributed by atoms with Gasteiger partial charge in [-0.1, -0.05) is 30.3 Å². The van der Waals surface area contributed by atoms with Crippen molar-refractivity contribution in [2.75, 3.05) is 16.8 Å². The number of carbonyl (C=O) groups is 3. The molecule has 1 aliphatic carbocycles. The highest BCUT2D eigenvalue weighted by atomic mass is 19.4. The highest BCUT2D eigenvalue weighted by Crippen LogP contribution is 2.29. The van der Waals surface area contributed by atoms with Crippen LogP contribution in [0.15, 0.2) is 78.9 Å². The van der Waals surface area contributed by atoms with E-state index < -0.39 is 42.5 Å². The summed E-state index contributed by atoms with van der Waals surface area (Å²) in [6.07, 6.45) is 1.50. The highest BCUT2D eigenvalue weighted by Gasteiger charge is 2.39. The molecule has 3 aromatic rings. The molecule has 3 aromatic carbocycles. The van der Waals surface area contributed by atoms with Crippen molar-refractivity contribution in [1.29, 1.82) is 0 Å². The first-order chi connectivity index (χ1) is 20.8. The molecule has 0 saturated heterocycles. The van der Waals surface area contributed by atoms with Crippen LogP contribution in [-0.2, 0) is 11.3 Å². The molecule has 8 nitrogen and oxygen atoms in total. The average molecular weight is 618 g/mol. The van der Waals surface area contributed by atoms with Gasteiger partial charge >= 0.3 is 24.3 Å². The van der Waals surface area contributed by atoms with Crippen LogP contribution >= 0.6 is 0 Å². The number of allylic oxidation sites excluding steroid dienone is 2. The van der Waals surface area contributed by atoms with Gasteiger partial charge < -0.3 is 20.5 Å². The number of nitrogens with one attached hydrogen (secondary N) is 2. The maximum Gasteiger partial charge on any atom is 0.573 e. The van der Waals surface area contributed by atoms with E-state index in [1.54, 1.807) is 12.1 Å².